The lowest BCUT2D eigenvalue weighted by Gasteiger charge is -2.12. The molecule has 5 heterocycles. The SMILES string of the molecule is c1ccc(-c2ccc(-c3ncc4sc5ncc(-c6ccc(-c7cc(-c8cccc(-n9c%10ccccc%10c%10ccccc%109)c8)nc(-c8ccccc8)n7)cc6)cc5c4n3)cc2)cc1. The maximum absolute atomic E-state index is 5.16. The second kappa shape index (κ2) is 14.9. The van der Waals surface area contributed by atoms with E-state index in [1.165, 1.54) is 27.4 Å². The predicted octanol–water partition coefficient (Wildman–Crippen LogP) is 14.1. The monoisotopic (exact) mass is 810 g/mol. The van der Waals surface area contributed by atoms with E-state index in [0.717, 1.165) is 76.5 Å². The Morgan fingerprint density at radius 3 is 1.61 bits per heavy atom. The molecule has 5 aromatic heterocycles. The van der Waals surface area contributed by atoms with Crippen molar-refractivity contribution in [3.05, 3.63) is 207 Å². The number of hydrogen-bond acceptors (Lipinski definition) is 6. The lowest BCUT2D eigenvalue weighted by molar-refractivity contribution is 1.16. The molecule has 12 rings (SSSR count). The molecule has 0 amide bonds. The number of fused-ring (bicyclic) bond motifs is 6. The zero-order valence-corrected chi connectivity index (χ0v) is 34.0. The van der Waals surface area contributed by atoms with Crippen LogP contribution in [0.5, 0.6) is 0 Å². The van der Waals surface area contributed by atoms with Crippen LogP contribution in [0.15, 0.2) is 207 Å². The van der Waals surface area contributed by atoms with E-state index in [1.54, 1.807) is 11.3 Å². The third-order valence-electron chi connectivity index (χ3n) is 11.6. The number of para-hydroxylation sites is 2. The van der Waals surface area contributed by atoms with Gasteiger partial charge in [0.2, 0.25) is 0 Å². The van der Waals surface area contributed by atoms with Crippen molar-refractivity contribution in [2.45, 2.75) is 0 Å². The van der Waals surface area contributed by atoms with Crippen molar-refractivity contribution >= 4 is 53.6 Å². The Balaban J connectivity index is 0.898. The molecule has 0 aliphatic rings. The largest absolute Gasteiger partial charge is 0.309 e. The summed E-state index contributed by atoms with van der Waals surface area (Å²) in [5.41, 5.74) is 14.4. The summed E-state index contributed by atoms with van der Waals surface area (Å²) in [6, 6.07) is 67.8. The van der Waals surface area contributed by atoms with Crippen LogP contribution in [0.2, 0.25) is 0 Å². The third-order valence-corrected chi connectivity index (χ3v) is 12.6. The van der Waals surface area contributed by atoms with E-state index in [4.69, 9.17) is 24.9 Å². The molecule has 0 N–H and O–H groups in total. The Morgan fingerprint density at radius 1 is 0.355 bits per heavy atom. The summed E-state index contributed by atoms with van der Waals surface area (Å²) in [6.45, 7) is 0. The lowest BCUT2D eigenvalue weighted by atomic mass is 10.0. The Morgan fingerprint density at radius 2 is 0.903 bits per heavy atom. The summed E-state index contributed by atoms with van der Waals surface area (Å²) in [6.07, 6.45) is 3.87. The van der Waals surface area contributed by atoms with Crippen LogP contribution in [0.3, 0.4) is 0 Å². The van der Waals surface area contributed by atoms with E-state index in [-0.39, 0.29) is 0 Å². The number of pyridine rings is 1. The highest BCUT2D eigenvalue weighted by molar-refractivity contribution is 7.25. The van der Waals surface area contributed by atoms with Gasteiger partial charge in [-0.3, -0.25) is 0 Å². The molecule has 6 nitrogen and oxygen atoms in total. The summed E-state index contributed by atoms with van der Waals surface area (Å²) >= 11 is 1.62. The first-order valence-corrected chi connectivity index (χ1v) is 21.4. The second-order valence-electron chi connectivity index (χ2n) is 15.4. The molecule has 0 radical (unpaired) electrons. The molecule has 0 unspecified atom stereocenters. The van der Waals surface area contributed by atoms with Gasteiger partial charge in [0.05, 0.1) is 32.6 Å². The smallest absolute Gasteiger partial charge is 0.160 e. The van der Waals surface area contributed by atoms with Crippen molar-refractivity contribution in [2.24, 2.45) is 0 Å². The van der Waals surface area contributed by atoms with Gasteiger partial charge in [-0.25, -0.2) is 24.9 Å². The van der Waals surface area contributed by atoms with Crippen LogP contribution < -0.4 is 0 Å². The first-order valence-electron chi connectivity index (χ1n) is 20.6. The minimum absolute atomic E-state index is 0.678. The van der Waals surface area contributed by atoms with Gasteiger partial charge in [-0.15, -0.1) is 11.3 Å². The maximum atomic E-state index is 5.16. The normalized spacial score (nSPS) is 11.5. The molecular weight excluding hydrogens is 777 g/mol. The van der Waals surface area contributed by atoms with Gasteiger partial charge in [0, 0.05) is 62.1 Å². The lowest BCUT2D eigenvalue weighted by Crippen LogP contribution is -1.97. The summed E-state index contributed by atoms with van der Waals surface area (Å²) in [7, 11) is 0. The molecule has 7 aromatic carbocycles. The van der Waals surface area contributed by atoms with Crippen LogP contribution in [-0.2, 0) is 0 Å². The van der Waals surface area contributed by atoms with Gasteiger partial charge in [0.1, 0.15) is 4.83 Å². The Kier molecular flexibility index (Phi) is 8.57. The number of hydrogen-bond donors (Lipinski definition) is 0. The molecule has 7 heteroatoms. The van der Waals surface area contributed by atoms with Crippen LogP contribution in [0.25, 0.3) is 115 Å². The molecule has 0 saturated heterocycles. The minimum atomic E-state index is 0.678. The van der Waals surface area contributed by atoms with Gasteiger partial charge in [-0.2, -0.15) is 0 Å². The molecule has 0 spiro atoms. The fourth-order valence-electron chi connectivity index (χ4n) is 8.48. The van der Waals surface area contributed by atoms with Crippen LogP contribution in [0, 0.1) is 0 Å². The van der Waals surface area contributed by atoms with Crippen LogP contribution in [0.4, 0.5) is 0 Å². The van der Waals surface area contributed by atoms with E-state index in [2.05, 4.69) is 174 Å². The highest BCUT2D eigenvalue weighted by Crippen LogP contribution is 2.37. The number of rotatable bonds is 7. The molecule has 62 heavy (non-hydrogen) atoms. The first kappa shape index (κ1) is 35.8. The fourth-order valence-corrected chi connectivity index (χ4v) is 9.42. The fraction of sp³-hybridized carbons (Fsp3) is 0. The average molecular weight is 811 g/mol. The van der Waals surface area contributed by atoms with Gasteiger partial charge in [-0.05, 0) is 53.1 Å². The van der Waals surface area contributed by atoms with Crippen molar-refractivity contribution in [2.75, 3.05) is 0 Å². The van der Waals surface area contributed by atoms with Gasteiger partial charge < -0.3 is 4.57 Å². The number of aromatic nitrogens is 6. The molecular formula is C55H34N6S. The number of benzene rings is 7. The van der Waals surface area contributed by atoms with Crippen LogP contribution in [-0.4, -0.2) is 29.5 Å². The molecule has 0 aliphatic carbocycles. The Hall–Kier alpha value is -8.13. The summed E-state index contributed by atoms with van der Waals surface area (Å²) in [4.78, 5) is 26.0. The minimum Gasteiger partial charge on any atom is -0.309 e. The maximum Gasteiger partial charge on any atom is 0.160 e. The van der Waals surface area contributed by atoms with E-state index in [1.807, 2.05) is 36.7 Å². The Labute approximate surface area is 361 Å². The van der Waals surface area contributed by atoms with E-state index in [9.17, 15) is 0 Å². The molecule has 0 saturated carbocycles. The van der Waals surface area contributed by atoms with Crippen LogP contribution in [0.1, 0.15) is 0 Å². The summed E-state index contributed by atoms with van der Waals surface area (Å²) < 4.78 is 3.36. The highest BCUT2D eigenvalue weighted by atomic mass is 32.1. The number of nitrogens with zero attached hydrogens (tertiary/aromatic N) is 6. The molecule has 12 aromatic rings. The van der Waals surface area contributed by atoms with Gasteiger partial charge >= 0.3 is 0 Å². The average Bonchev–Trinajstić information content (AvgIpc) is 3.90. The second-order valence-corrected chi connectivity index (χ2v) is 16.4. The van der Waals surface area contributed by atoms with Crippen molar-refractivity contribution < 1.29 is 0 Å². The van der Waals surface area contributed by atoms with Gasteiger partial charge in [0.15, 0.2) is 11.6 Å². The quantitative estimate of drug-likeness (QED) is 0.160. The predicted molar refractivity (Wildman–Crippen MR) is 255 cm³/mol. The molecule has 290 valence electrons. The topological polar surface area (TPSA) is 69.4 Å². The first-order chi connectivity index (χ1) is 30.7. The molecule has 0 aliphatic heterocycles. The summed E-state index contributed by atoms with van der Waals surface area (Å²) in [5.74, 6) is 1.38. The van der Waals surface area contributed by atoms with E-state index >= 15 is 0 Å². The van der Waals surface area contributed by atoms with Crippen molar-refractivity contribution in [3.8, 4) is 73.2 Å². The Bertz CT molecular complexity index is 3560. The highest BCUT2D eigenvalue weighted by Gasteiger charge is 2.16. The zero-order chi connectivity index (χ0) is 41.0. The van der Waals surface area contributed by atoms with Crippen molar-refractivity contribution in [3.63, 3.8) is 0 Å². The number of thiophene rings is 1. The molecule has 0 bridgehead atoms. The molecule has 0 fully saturated rings. The van der Waals surface area contributed by atoms with Crippen molar-refractivity contribution in [1.29, 1.82) is 0 Å². The van der Waals surface area contributed by atoms with E-state index in [0.29, 0.717) is 11.6 Å². The summed E-state index contributed by atoms with van der Waals surface area (Å²) in [5, 5.41) is 3.49. The zero-order valence-electron chi connectivity index (χ0n) is 33.2. The molecule has 0 atom stereocenters. The third kappa shape index (κ3) is 6.31. The standard InChI is InChI=1S/C55H34N6S/c1-3-12-35(13-4-1)36-24-28-40(29-25-36)53-56-34-51-52(60-53)46-31-42(33-57-55(46)62-51)37-22-26-38(27-23-37)47-32-48(59-54(58-47)39-14-5-2-6-15-39)41-16-11-17-43(30-41)61-49-20-9-7-18-44(49)45-19-8-10-21-50(45)61/h1-34H. The van der Waals surface area contributed by atoms with Gasteiger partial charge in [-0.1, -0.05) is 158 Å². The van der Waals surface area contributed by atoms with E-state index < -0.39 is 0 Å². The van der Waals surface area contributed by atoms with Gasteiger partial charge in [0.25, 0.3) is 0 Å². The van der Waals surface area contributed by atoms with Crippen LogP contribution >= 0.6 is 11.3 Å². The van der Waals surface area contributed by atoms with Crippen molar-refractivity contribution in [1.82, 2.24) is 29.5 Å².